The van der Waals surface area contributed by atoms with Crippen molar-refractivity contribution >= 4 is 27.9 Å². The first-order valence-corrected chi connectivity index (χ1v) is 8.20. The van der Waals surface area contributed by atoms with Gasteiger partial charge in [0.05, 0.1) is 5.69 Å². The summed E-state index contributed by atoms with van der Waals surface area (Å²) in [5.74, 6) is 2.08. The van der Waals surface area contributed by atoms with Gasteiger partial charge in [0, 0.05) is 37.1 Å². The van der Waals surface area contributed by atoms with Gasteiger partial charge in [0.15, 0.2) is 10.1 Å². The van der Waals surface area contributed by atoms with E-state index in [4.69, 9.17) is 11.6 Å². The molecule has 3 aromatic heterocycles. The lowest BCUT2D eigenvalue weighted by Gasteiger charge is -2.24. The van der Waals surface area contributed by atoms with Gasteiger partial charge in [0.2, 0.25) is 0 Å². The van der Waals surface area contributed by atoms with Crippen molar-refractivity contribution in [2.24, 2.45) is 0 Å². The highest BCUT2D eigenvalue weighted by Crippen LogP contribution is 2.22. The molecule has 0 unspecified atom stereocenters. The molecule has 1 aliphatic rings. The van der Waals surface area contributed by atoms with Crippen molar-refractivity contribution in [1.29, 1.82) is 0 Å². The summed E-state index contributed by atoms with van der Waals surface area (Å²) in [5, 5.41) is 14.5. The Bertz CT molecular complexity index is 788. The second-order valence-corrected chi connectivity index (χ2v) is 6.53. The van der Waals surface area contributed by atoms with Crippen molar-refractivity contribution in [2.75, 3.05) is 0 Å². The van der Waals surface area contributed by atoms with Crippen LogP contribution in [-0.4, -0.2) is 30.2 Å². The molecule has 0 bridgehead atoms. The summed E-state index contributed by atoms with van der Waals surface area (Å²) >= 11 is 7.82. The number of thiazole rings is 1. The molecule has 1 atom stereocenters. The minimum Gasteiger partial charge on any atom is -0.314 e. The SMILES string of the molecule is Cc1nnc2n1C[C@@H](NCc1c(Cl)nc3sccn13)CC2. The minimum atomic E-state index is 0.410. The summed E-state index contributed by atoms with van der Waals surface area (Å²) in [6.07, 6.45) is 4.05. The zero-order valence-electron chi connectivity index (χ0n) is 11.6. The number of nitrogens with zero attached hydrogens (tertiary/aromatic N) is 5. The van der Waals surface area contributed by atoms with Crippen LogP contribution >= 0.6 is 22.9 Å². The zero-order valence-corrected chi connectivity index (χ0v) is 13.2. The van der Waals surface area contributed by atoms with Crippen LogP contribution in [0.2, 0.25) is 5.15 Å². The molecular weight excluding hydrogens is 308 g/mol. The molecule has 0 aromatic carbocycles. The number of halogens is 1. The van der Waals surface area contributed by atoms with Crippen LogP contribution in [0.1, 0.15) is 23.8 Å². The number of hydrogen-bond acceptors (Lipinski definition) is 5. The summed E-state index contributed by atoms with van der Waals surface area (Å²) in [6.45, 7) is 3.64. The number of fused-ring (bicyclic) bond motifs is 2. The Morgan fingerprint density at radius 2 is 2.38 bits per heavy atom. The molecule has 4 heterocycles. The predicted octanol–water partition coefficient (Wildman–Crippen LogP) is 2.05. The molecule has 21 heavy (non-hydrogen) atoms. The molecule has 4 rings (SSSR count). The minimum absolute atomic E-state index is 0.410. The van der Waals surface area contributed by atoms with Gasteiger partial charge < -0.3 is 9.88 Å². The first-order chi connectivity index (χ1) is 10.2. The lowest BCUT2D eigenvalue weighted by atomic mass is 10.1. The quantitative estimate of drug-likeness (QED) is 0.802. The van der Waals surface area contributed by atoms with Gasteiger partial charge in [-0.05, 0) is 13.3 Å². The molecule has 0 aliphatic carbocycles. The maximum atomic E-state index is 6.23. The van der Waals surface area contributed by atoms with Crippen molar-refractivity contribution < 1.29 is 0 Å². The fraction of sp³-hybridized carbons (Fsp3) is 0.462. The molecule has 0 fully saturated rings. The predicted molar refractivity (Wildman–Crippen MR) is 81.8 cm³/mol. The van der Waals surface area contributed by atoms with Crippen molar-refractivity contribution in [2.45, 2.75) is 38.9 Å². The highest BCUT2D eigenvalue weighted by atomic mass is 35.5. The number of aryl methyl sites for hydroxylation is 2. The summed E-state index contributed by atoms with van der Waals surface area (Å²) < 4.78 is 4.25. The average molecular weight is 323 g/mol. The van der Waals surface area contributed by atoms with E-state index in [1.165, 1.54) is 0 Å². The van der Waals surface area contributed by atoms with E-state index in [-0.39, 0.29) is 0 Å². The van der Waals surface area contributed by atoms with E-state index >= 15 is 0 Å². The van der Waals surface area contributed by atoms with Gasteiger partial charge in [-0.25, -0.2) is 4.98 Å². The summed E-state index contributed by atoms with van der Waals surface area (Å²) in [7, 11) is 0. The van der Waals surface area contributed by atoms with Gasteiger partial charge in [-0.3, -0.25) is 4.40 Å². The van der Waals surface area contributed by atoms with Crippen LogP contribution in [0.3, 0.4) is 0 Å². The second-order valence-electron chi connectivity index (χ2n) is 5.30. The molecule has 0 spiro atoms. The number of rotatable bonds is 3. The van der Waals surface area contributed by atoms with Gasteiger partial charge in [-0.2, -0.15) is 0 Å². The highest BCUT2D eigenvalue weighted by Gasteiger charge is 2.22. The molecule has 1 N–H and O–H groups in total. The van der Waals surface area contributed by atoms with Crippen LogP contribution in [0.15, 0.2) is 11.6 Å². The van der Waals surface area contributed by atoms with E-state index in [0.29, 0.717) is 11.2 Å². The molecule has 8 heteroatoms. The Morgan fingerprint density at radius 3 is 3.29 bits per heavy atom. The Hall–Kier alpha value is -1.44. The van der Waals surface area contributed by atoms with Crippen LogP contribution in [0, 0.1) is 6.92 Å². The van der Waals surface area contributed by atoms with E-state index in [2.05, 4.69) is 29.5 Å². The van der Waals surface area contributed by atoms with Gasteiger partial charge in [0.25, 0.3) is 0 Å². The third kappa shape index (κ3) is 2.25. The Morgan fingerprint density at radius 1 is 1.48 bits per heavy atom. The van der Waals surface area contributed by atoms with Crippen LogP contribution in [0.5, 0.6) is 0 Å². The largest absolute Gasteiger partial charge is 0.314 e. The fourth-order valence-corrected chi connectivity index (χ4v) is 3.86. The topological polar surface area (TPSA) is 60.0 Å². The van der Waals surface area contributed by atoms with Crippen molar-refractivity contribution in [3.63, 3.8) is 0 Å². The fourth-order valence-electron chi connectivity index (χ4n) is 2.83. The number of aromatic nitrogens is 5. The van der Waals surface area contributed by atoms with Crippen molar-refractivity contribution in [3.05, 3.63) is 34.1 Å². The maximum Gasteiger partial charge on any atom is 0.195 e. The second kappa shape index (κ2) is 5.08. The van der Waals surface area contributed by atoms with Crippen molar-refractivity contribution in [3.8, 4) is 0 Å². The van der Waals surface area contributed by atoms with Gasteiger partial charge in [-0.15, -0.1) is 21.5 Å². The first-order valence-electron chi connectivity index (χ1n) is 6.94. The Balaban J connectivity index is 1.49. The maximum absolute atomic E-state index is 6.23. The van der Waals surface area contributed by atoms with Gasteiger partial charge in [0.1, 0.15) is 11.6 Å². The van der Waals surface area contributed by atoms with Crippen molar-refractivity contribution in [1.82, 2.24) is 29.5 Å². The van der Waals surface area contributed by atoms with E-state index in [0.717, 1.165) is 48.2 Å². The monoisotopic (exact) mass is 322 g/mol. The number of hydrogen-bond donors (Lipinski definition) is 1. The third-order valence-corrected chi connectivity index (χ3v) is 5.06. The lowest BCUT2D eigenvalue weighted by molar-refractivity contribution is 0.373. The zero-order chi connectivity index (χ0) is 14.4. The molecule has 110 valence electrons. The van der Waals surface area contributed by atoms with Crippen LogP contribution in [-0.2, 0) is 19.5 Å². The van der Waals surface area contributed by atoms with Gasteiger partial charge >= 0.3 is 0 Å². The third-order valence-electron chi connectivity index (χ3n) is 4.00. The molecule has 0 saturated carbocycles. The molecule has 0 saturated heterocycles. The van der Waals surface area contributed by atoms with Gasteiger partial charge in [-0.1, -0.05) is 11.6 Å². The van der Waals surface area contributed by atoms with Crippen LogP contribution < -0.4 is 5.32 Å². The lowest BCUT2D eigenvalue weighted by Crippen LogP contribution is -2.37. The summed E-state index contributed by atoms with van der Waals surface area (Å²) in [4.78, 5) is 5.30. The highest BCUT2D eigenvalue weighted by molar-refractivity contribution is 7.15. The molecule has 0 radical (unpaired) electrons. The van der Waals surface area contributed by atoms with E-state index in [9.17, 15) is 0 Å². The van der Waals surface area contributed by atoms with E-state index < -0.39 is 0 Å². The molecular formula is C13H15ClN6S. The summed E-state index contributed by atoms with van der Waals surface area (Å²) in [6, 6.07) is 0.410. The first kappa shape index (κ1) is 13.2. The number of nitrogens with one attached hydrogen (secondary N) is 1. The molecule has 0 amide bonds. The smallest absolute Gasteiger partial charge is 0.195 e. The van der Waals surface area contributed by atoms with E-state index in [1.807, 2.05) is 18.5 Å². The standard InChI is InChI=1S/C13H15ClN6S/c1-8-17-18-11-3-2-9(7-20(8)11)15-6-10-12(14)16-13-19(10)4-5-21-13/h4-5,9,15H,2-3,6-7H2,1H3/t9-/m0/s1. The Labute approximate surface area is 130 Å². The normalized spacial score (nSPS) is 18.3. The molecule has 1 aliphatic heterocycles. The van der Waals surface area contributed by atoms with Crippen LogP contribution in [0.4, 0.5) is 0 Å². The van der Waals surface area contributed by atoms with Crippen LogP contribution in [0.25, 0.3) is 4.96 Å². The average Bonchev–Trinajstić information content (AvgIpc) is 3.13. The Kier molecular flexibility index (Phi) is 3.20. The molecule has 6 nitrogen and oxygen atoms in total. The molecule has 3 aromatic rings. The van der Waals surface area contributed by atoms with E-state index in [1.54, 1.807) is 11.3 Å². The summed E-state index contributed by atoms with van der Waals surface area (Å²) in [5.41, 5.74) is 1.03. The number of imidazole rings is 1.